The van der Waals surface area contributed by atoms with Gasteiger partial charge in [0.15, 0.2) is 6.30 Å². The number of benzene rings is 1. The second-order valence-electron chi connectivity index (χ2n) is 4.44. The maximum atomic E-state index is 13.1. The molecule has 1 aromatic carbocycles. The average molecular weight is 208 g/mol. The smallest absolute Gasteiger partial charge is 0.174 e. The van der Waals surface area contributed by atoms with Crippen molar-refractivity contribution < 1.29 is 4.39 Å². The molecule has 2 rings (SSSR count). The molecule has 0 saturated carbocycles. The van der Waals surface area contributed by atoms with Gasteiger partial charge in [0.25, 0.3) is 0 Å². The fourth-order valence-electron chi connectivity index (χ4n) is 1.94. The highest BCUT2D eigenvalue weighted by atomic mass is 19.1. The summed E-state index contributed by atoms with van der Waals surface area (Å²) in [7, 11) is 0. The fraction of sp³-hybridized carbons (Fsp3) is 0.500. The first-order valence-electron chi connectivity index (χ1n) is 5.37. The van der Waals surface area contributed by atoms with Crippen LogP contribution in [-0.2, 0) is 6.42 Å². The summed E-state index contributed by atoms with van der Waals surface area (Å²) in [4.78, 5) is 0. The Balaban J connectivity index is 2.31. The first-order valence-corrected chi connectivity index (χ1v) is 5.37. The van der Waals surface area contributed by atoms with E-state index in [0.717, 1.165) is 22.5 Å². The molecule has 0 fully saturated rings. The Morgan fingerprint density at radius 1 is 1.47 bits per heavy atom. The third kappa shape index (κ3) is 2.06. The van der Waals surface area contributed by atoms with Crippen LogP contribution in [-0.4, -0.2) is 12.3 Å². The van der Waals surface area contributed by atoms with Gasteiger partial charge in [-0.05, 0) is 44.0 Å². The lowest BCUT2D eigenvalue weighted by Gasteiger charge is -2.14. The molecule has 1 aliphatic heterocycles. The Kier molecular flexibility index (Phi) is 2.55. The van der Waals surface area contributed by atoms with E-state index in [2.05, 4.69) is 30.5 Å². The van der Waals surface area contributed by atoms with E-state index < -0.39 is 6.30 Å². The number of anilines is 2. The standard InChI is InChI=1S/C12H17FN2/c1-7(2)14-10-5-9-6-12(13)15-11(9)4-8(10)3/h4-5,7,12,14-15H,6H2,1-3H3. The number of hydrogen-bond donors (Lipinski definition) is 2. The van der Waals surface area contributed by atoms with Crippen molar-refractivity contribution in [2.24, 2.45) is 0 Å². The van der Waals surface area contributed by atoms with Gasteiger partial charge in [0, 0.05) is 23.8 Å². The van der Waals surface area contributed by atoms with Gasteiger partial charge >= 0.3 is 0 Å². The zero-order valence-corrected chi connectivity index (χ0v) is 9.39. The molecule has 1 aromatic rings. The summed E-state index contributed by atoms with van der Waals surface area (Å²) in [6.07, 6.45) is -0.448. The zero-order valence-electron chi connectivity index (χ0n) is 9.39. The molecule has 82 valence electrons. The number of nitrogens with one attached hydrogen (secondary N) is 2. The SMILES string of the molecule is Cc1cc2c(cc1NC(C)C)CC(F)N2. The van der Waals surface area contributed by atoms with Crippen LogP contribution in [0.3, 0.4) is 0 Å². The van der Waals surface area contributed by atoms with E-state index in [0.29, 0.717) is 12.5 Å². The quantitative estimate of drug-likeness (QED) is 0.730. The van der Waals surface area contributed by atoms with Gasteiger partial charge in [-0.25, -0.2) is 4.39 Å². The van der Waals surface area contributed by atoms with E-state index in [1.54, 1.807) is 0 Å². The predicted octanol–water partition coefficient (Wildman–Crippen LogP) is 3.08. The van der Waals surface area contributed by atoms with Crippen molar-refractivity contribution in [3.05, 3.63) is 23.3 Å². The number of hydrogen-bond acceptors (Lipinski definition) is 2. The summed E-state index contributed by atoms with van der Waals surface area (Å²) in [5, 5.41) is 6.19. The number of alkyl halides is 1. The summed E-state index contributed by atoms with van der Waals surface area (Å²) < 4.78 is 13.1. The maximum Gasteiger partial charge on any atom is 0.174 e. The van der Waals surface area contributed by atoms with Gasteiger partial charge in [-0.2, -0.15) is 0 Å². The molecule has 3 heteroatoms. The van der Waals surface area contributed by atoms with E-state index in [1.807, 2.05) is 13.0 Å². The molecule has 0 aliphatic carbocycles. The van der Waals surface area contributed by atoms with Crippen molar-refractivity contribution in [3.8, 4) is 0 Å². The van der Waals surface area contributed by atoms with Crippen LogP contribution in [0.2, 0.25) is 0 Å². The Morgan fingerprint density at radius 3 is 2.87 bits per heavy atom. The van der Waals surface area contributed by atoms with Crippen molar-refractivity contribution in [1.82, 2.24) is 0 Å². The Labute approximate surface area is 89.9 Å². The minimum atomic E-state index is -0.923. The number of fused-ring (bicyclic) bond motifs is 1. The summed E-state index contributed by atoms with van der Waals surface area (Å²) in [5.41, 5.74) is 4.27. The highest BCUT2D eigenvalue weighted by Gasteiger charge is 2.20. The van der Waals surface area contributed by atoms with Crippen molar-refractivity contribution in [2.75, 3.05) is 10.6 Å². The first-order chi connectivity index (χ1) is 7.06. The maximum absolute atomic E-state index is 13.1. The molecule has 0 amide bonds. The van der Waals surface area contributed by atoms with E-state index in [1.165, 1.54) is 0 Å². The Morgan fingerprint density at radius 2 is 2.20 bits per heavy atom. The third-order valence-corrected chi connectivity index (χ3v) is 2.61. The molecule has 0 aromatic heterocycles. The number of aryl methyl sites for hydroxylation is 1. The molecule has 1 unspecified atom stereocenters. The van der Waals surface area contributed by atoms with Gasteiger partial charge in [0.2, 0.25) is 0 Å². The lowest BCUT2D eigenvalue weighted by atomic mass is 10.1. The lowest BCUT2D eigenvalue weighted by molar-refractivity contribution is 0.384. The van der Waals surface area contributed by atoms with Gasteiger partial charge in [-0.3, -0.25) is 0 Å². The summed E-state index contributed by atoms with van der Waals surface area (Å²) in [6.45, 7) is 6.24. The molecular formula is C12H17FN2. The molecule has 0 spiro atoms. The predicted molar refractivity (Wildman–Crippen MR) is 62.2 cm³/mol. The van der Waals surface area contributed by atoms with Crippen LogP contribution in [0.4, 0.5) is 15.8 Å². The second-order valence-corrected chi connectivity index (χ2v) is 4.44. The molecule has 2 N–H and O–H groups in total. The zero-order chi connectivity index (χ0) is 11.0. The van der Waals surface area contributed by atoms with Crippen LogP contribution in [0.25, 0.3) is 0 Å². The van der Waals surface area contributed by atoms with E-state index in [4.69, 9.17) is 0 Å². The van der Waals surface area contributed by atoms with Gasteiger partial charge in [-0.15, -0.1) is 0 Å². The second kappa shape index (κ2) is 3.72. The summed E-state index contributed by atoms with van der Waals surface area (Å²) in [6, 6.07) is 4.47. The van der Waals surface area contributed by atoms with Gasteiger partial charge in [0.05, 0.1) is 0 Å². The van der Waals surface area contributed by atoms with Crippen LogP contribution in [0, 0.1) is 6.92 Å². The lowest BCUT2D eigenvalue weighted by Crippen LogP contribution is -2.10. The first kappa shape index (κ1) is 10.3. The fourth-order valence-corrected chi connectivity index (χ4v) is 1.94. The van der Waals surface area contributed by atoms with E-state index >= 15 is 0 Å². The molecular weight excluding hydrogens is 191 g/mol. The van der Waals surface area contributed by atoms with E-state index in [9.17, 15) is 4.39 Å². The molecule has 2 nitrogen and oxygen atoms in total. The van der Waals surface area contributed by atoms with Crippen molar-refractivity contribution in [2.45, 2.75) is 39.5 Å². The van der Waals surface area contributed by atoms with Crippen LogP contribution < -0.4 is 10.6 Å². The van der Waals surface area contributed by atoms with Crippen molar-refractivity contribution in [3.63, 3.8) is 0 Å². The average Bonchev–Trinajstić information content (AvgIpc) is 2.44. The summed E-state index contributed by atoms with van der Waals surface area (Å²) >= 11 is 0. The normalized spacial score (nSPS) is 18.9. The number of halogens is 1. The molecule has 15 heavy (non-hydrogen) atoms. The largest absolute Gasteiger partial charge is 0.383 e. The third-order valence-electron chi connectivity index (χ3n) is 2.61. The topological polar surface area (TPSA) is 24.1 Å². The van der Waals surface area contributed by atoms with Crippen LogP contribution in [0.15, 0.2) is 12.1 Å². The monoisotopic (exact) mass is 208 g/mol. The van der Waals surface area contributed by atoms with Gasteiger partial charge in [-0.1, -0.05) is 0 Å². The van der Waals surface area contributed by atoms with E-state index in [-0.39, 0.29) is 0 Å². The van der Waals surface area contributed by atoms with Crippen molar-refractivity contribution >= 4 is 11.4 Å². The summed E-state index contributed by atoms with van der Waals surface area (Å²) in [5.74, 6) is 0. The molecule has 1 atom stereocenters. The van der Waals surface area contributed by atoms with Crippen LogP contribution >= 0.6 is 0 Å². The van der Waals surface area contributed by atoms with Gasteiger partial charge in [0.1, 0.15) is 0 Å². The molecule has 1 heterocycles. The minimum absolute atomic E-state index is 0.400. The highest BCUT2D eigenvalue weighted by Crippen LogP contribution is 2.31. The van der Waals surface area contributed by atoms with Gasteiger partial charge < -0.3 is 10.6 Å². The molecule has 0 saturated heterocycles. The Bertz CT molecular complexity index is 374. The van der Waals surface area contributed by atoms with Crippen LogP contribution in [0.1, 0.15) is 25.0 Å². The molecule has 0 bridgehead atoms. The number of rotatable bonds is 2. The molecule has 0 radical (unpaired) electrons. The molecule has 1 aliphatic rings. The minimum Gasteiger partial charge on any atom is -0.383 e. The van der Waals surface area contributed by atoms with Crippen LogP contribution in [0.5, 0.6) is 0 Å². The van der Waals surface area contributed by atoms with Crippen molar-refractivity contribution in [1.29, 1.82) is 0 Å². The Hall–Kier alpha value is -1.25. The highest BCUT2D eigenvalue weighted by molar-refractivity contribution is 5.66.